The summed E-state index contributed by atoms with van der Waals surface area (Å²) in [6.07, 6.45) is 0. The van der Waals surface area contributed by atoms with Crippen LogP contribution in [0.4, 0.5) is 5.69 Å². The molecule has 0 fully saturated rings. The van der Waals surface area contributed by atoms with Gasteiger partial charge in [0.05, 0.1) is 16.6 Å². The van der Waals surface area contributed by atoms with Crippen molar-refractivity contribution in [1.82, 2.24) is 9.55 Å². The number of aromatic amines is 1. The normalized spacial score (nSPS) is 10.7. The first-order valence-electron chi connectivity index (χ1n) is 9.32. The van der Waals surface area contributed by atoms with E-state index in [9.17, 15) is 14.4 Å². The van der Waals surface area contributed by atoms with Crippen molar-refractivity contribution in [3.05, 3.63) is 100.0 Å². The van der Waals surface area contributed by atoms with Crippen molar-refractivity contribution in [1.29, 1.82) is 0 Å². The molecule has 0 aliphatic rings. The summed E-state index contributed by atoms with van der Waals surface area (Å²) < 4.78 is 6.81. The number of rotatable bonds is 5. The Hall–Kier alpha value is -4.13. The lowest BCUT2D eigenvalue weighted by Crippen LogP contribution is -2.13. The predicted octanol–water partition coefficient (Wildman–Crippen LogP) is 3.48. The number of amides is 1. The van der Waals surface area contributed by atoms with Gasteiger partial charge in [0.25, 0.3) is 5.91 Å². The lowest BCUT2D eigenvalue weighted by molar-refractivity contribution is 0.0472. The zero-order valence-corrected chi connectivity index (χ0v) is 16.2. The molecule has 4 rings (SSSR count). The van der Waals surface area contributed by atoms with Crippen LogP contribution >= 0.6 is 0 Å². The van der Waals surface area contributed by atoms with Crippen LogP contribution in [0.25, 0.3) is 11.0 Å². The zero-order valence-electron chi connectivity index (χ0n) is 16.2. The molecule has 0 unspecified atom stereocenters. The number of aryl methyl sites for hydroxylation is 1. The molecule has 0 bridgehead atoms. The minimum absolute atomic E-state index is 0.172. The summed E-state index contributed by atoms with van der Waals surface area (Å²) in [5.41, 5.74) is 3.13. The number of hydrogen-bond donors (Lipinski definition) is 2. The van der Waals surface area contributed by atoms with Gasteiger partial charge in [-0.05, 0) is 42.0 Å². The van der Waals surface area contributed by atoms with E-state index in [0.717, 1.165) is 5.56 Å². The second-order valence-corrected chi connectivity index (χ2v) is 6.82. The van der Waals surface area contributed by atoms with E-state index in [0.29, 0.717) is 27.8 Å². The highest BCUT2D eigenvalue weighted by Gasteiger charge is 2.12. The van der Waals surface area contributed by atoms with E-state index in [1.54, 1.807) is 49.5 Å². The molecule has 30 heavy (non-hydrogen) atoms. The Labute approximate surface area is 171 Å². The van der Waals surface area contributed by atoms with E-state index >= 15 is 0 Å². The van der Waals surface area contributed by atoms with Gasteiger partial charge in [-0.25, -0.2) is 9.59 Å². The number of ether oxygens (including phenoxy) is 1. The molecule has 0 aliphatic carbocycles. The highest BCUT2D eigenvalue weighted by molar-refractivity contribution is 6.06. The second kappa shape index (κ2) is 8.08. The summed E-state index contributed by atoms with van der Waals surface area (Å²) in [5, 5.41) is 2.77. The van der Waals surface area contributed by atoms with E-state index < -0.39 is 5.97 Å². The Bertz CT molecular complexity index is 1290. The molecule has 0 spiro atoms. The van der Waals surface area contributed by atoms with E-state index in [4.69, 9.17) is 4.74 Å². The first kappa shape index (κ1) is 19.2. The molecule has 1 aromatic heterocycles. The summed E-state index contributed by atoms with van der Waals surface area (Å²) in [6.45, 7) is 0.172. The quantitative estimate of drug-likeness (QED) is 0.501. The van der Waals surface area contributed by atoms with Crippen LogP contribution in [0.1, 0.15) is 26.3 Å². The van der Waals surface area contributed by atoms with Crippen LogP contribution in [0, 0.1) is 0 Å². The van der Waals surface area contributed by atoms with Crippen LogP contribution in [0.15, 0.2) is 77.6 Å². The van der Waals surface area contributed by atoms with Gasteiger partial charge in [-0.3, -0.25) is 9.36 Å². The molecule has 3 aromatic carbocycles. The maximum atomic E-state index is 12.6. The monoisotopic (exact) mass is 401 g/mol. The van der Waals surface area contributed by atoms with Gasteiger partial charge in [-0.15, -0.1) is 0 Å². The SMILES string of the molecule is Cn1c(=O)[nH]c2cc(C(=O)Nc3cccc(C(=O)OCc4ccccc4)c3)ccc21. The third-order valence-corrected chi connectivity index (χ3v) is 4.74. The van der Waals surface area contributed by atoms with Crippen LogP contribution in [-0.2, 0) is 18.4 Å². The van der Waals surface area contributed by atoms with Crippen molar-refractivity contribution in [2.24, 2.45) is 7.05 Å². The molecule has 0 radical (unpaired) electrons. The minimum Gasteiger partial charge on any atom is -0.457 e. The van der Waals surface area contributed by atoms with Crippen molar-refractivity contribution in [3.63, 3.8) is 0 Å². The molecule has 2 N–H and O–H groups in total. The smallest absolute Gasteiger partial charge is 0.338 e. The average molecular weight is 401 g/mol. The molecule has 0 aliphatic heterocycles. The lowest BCUT2D eigenvalue weighted by Gasteiger charge is -2.08. The fraction of sp³-hybridized carbons (Fsp3) is 0.0870. The molecule has 0 saturated carbocycles. The number of carbonyl (C=O) groups is 2. The Morgan fingerprint density at radius 3 is 2.57 bits per heavy atom. The fourth-order valence-electron chi connectivity index (χ4n) is 3.11. The Morgan fingerprint density at radius 2 is 1.77 bits per heavy atom. The van der Waals surface area contributed by atoms with Gasteiger partial charge in [0.2, 0.25) is 0 Å². The number of esters is 1. The van der Waals surface area contributed by atoms with E-state index in [-0.39, 0.29) is 18.2 Å². The van der Waals surface area contributed by atoms with Gasteiger partial charge < -0.3 is 15.0 Å². The van der Waals surface area contributed by atoms with Crippen LogP contribution in [-0.4, -0.2) is 21.4 Å². The molecule has 1 amide bonds. The fourth-order valence-corrected chi connectivity index (χ4v) is 3.11. The molecule has 1 heterocycles. The first-order valence-corrected chi connectivity index (χ1v) is 9.32. The molecule has 0 atom stereocenters. The van der Waals surface area contributed by atoms with E-state index in [1.165, 1.54) is 4.57 Å². The molecule has 7 heteroatoms. The largest absolute Gasteiger partial charge is 0.457 e. The number of imidazole rings is 1. The standard InChI is InChI=1S/C23H19N3O4/c1-26-20-11-10-16(13-19(20)25-23(26)29)21(27)24-18-9-5-8-17(12-18)22(28)30-14-15-6-3-2-4-7-15/h2-13H,14H2,1H3,(H,24,27)(H,25,29). The summed E-state index contributed by atoms with van der Waals surface area (Å²) in [7, 11) is 1.66. The van der Waals surface area contributed by atoms with Crippen molar-refractivity contribution < 1.29 is 14.3 Å². The number of carbonyl (C=O) groups excluding carboxylic acids is 2. The van der Waals surface area contributed by atoms with Gasteiger partial charge >= 0.3 is 11.7 Å². The number of H-pyrrole nitrogens is 1. The first-order chi connectivity index (χ1) is 14.5. The Kier molecular flexibility index (Phi) is 5.17. The van der Waals surface area contributed by atoms with Crippen LogP contribution < -0.4 is 11.0 Å². The molecular weight excluding hydrogens is 382 g/mol. The summed E-state index contributed by atoms with van der Waals surface area (Å²) >= 11 is 0. The van der Waals surface area contributed by atoms with Crippen molar-refractivity contribution in [2.75, 3.05) is 5.32 Å². The number of anilines is 1. The van der Waals surface area contributed by atoms with Gasteiger partial charge in [0, 0.05) is 18.3 Å². The number of hydrogen-bond acceptors (Lipinski definition) is 4. The third kappa shape index (κ3) is 4.00. The van der Waals surface area contributed by atoms with Crippen molar-refractivity contribution in [2.45, 2.75) is 6.61 Å². The Morgan fingerprint density at radius 1 is 0.967 bits per heavy atom. The molecule has 150 valence electrons. The number of aromatic nitrogens is 2. The minimum atomic E-state index is -0.474. The number of nitrogens with one attached hydrogen (secondary N) is 2. The predicted molar refractivity (Wildman–Crippen MR) is 113 cm³/mol. The summed E-state index contributed by atoms with van der Waals surface area (Å²) in [4.78, 5) is 39.4. The zero-order chi connectivity index (χ0) is 21.1. The maximum Gasteiger partial charge on any atom is 0.338 e. The van der Waals surface area contributed by atoms with Gasteiger partial charge in [0.1, 0.15) is 6.61 Å². The number of fused-ring (bicyclic) bond motifs is 1. The molecular formula is C23H19N3O4. The van der Waals surface area contributed by atoms with Crippen LogP contribution in [0.3, 0.4) is 0 Å². The van der Waals surface area contributed by atoms with Gasteiger partial charge in [-0.1, -0.05) is 36.4 Å². The van der Waals surface area contributed by atoms with Gasteiger partial charge in [-0.2, -0.15) is 0 Å². The van der Waals surface area contributed by atoms with Gasteiger partial charge in [0.15, 0.2) is 0 Å². The Balaban J connectivity index is 1.46. The summed E-state index contributed by atoms with van der Waals surface area (Å²) in [6, 6.07) is 20.9. The van der Waals surface area contributed by atoms with E-state index in [2.05, 4.69) is 10.3 Å². The number of nitrogens with zero attached hydrogens (tertiary/aromatic N) is 1. The highest BCUT2D eigenvalue weighted by atomic mass is 16.5. The molecule has 7 nitrogen and oxygen atoms in total. The van der Waals surface area contributed by atoms with Crippen LogP contribution in [0.2, 0.25) is 0 Å². The van der Waals surface area contributed by atoms with Crippen molar-refractivity contribution in [3.8, 4) is 0 Å². The molecule has 4 aromatic rings. The maximum absolute atomic E-state index is 12.6. The molecule has 0 saturated heterocycles. The second-order valence-electron chi connectivity index (χ2n) is 6.82. The highest BCUT2D eigenvalue weighted by Crippen LogP contribution is 2.16. The topological polar surface area (TPSA) is 93.2 Å². The lowest BCUT2D eigenvalue weighted by atomic mass is 10.1. The number of benzene rings is 3. The third-order valence-electron chi connectivity index (χ3n) is 4.74. The van der Waals surface area contributed by atoms with Crippen molar-refractivity contribution >= 4 is 28.6 Å². The average Bonchev–Trinajstić information content (AvgIpc) is 3.06. The summed E-state index contributed by atoms with van der Waals surface area (Å²) in [5.74, 6) is -0.824. The van der Waals surface area contributed by atoms with E-state index in [1.807, 2.05) is 30.3 Å². The van der Waals surface area contributed by atoms with Crippen LogP contribution in [0.5, 0.6) is 0 Å².